The Bertz CT molecular complexity index is 697. The van der Waals surface area contributed by atoms with E-state index >= 15 is 0 Å². The van der Waals surface area contributed by atoms with Crippen LogP contribution in [0, 0.1) is 6.92 Å². The lowest BCUT2D eigenvalue weighted by Crippen LogP contribution is -1.95. The normalized spacial score (nSPS) is 11.3. The third-order valence-corrected chi connectivity index (χ3v) is 4.09. The van der Waals surface area contributed by atoms with Crippen molar-refractivity contribution >= 4 is 27.9 Å². The lowest BCUT2D eigenvalue weighted by molar-refractivity contribution is 1.02. The van der Waals surface area contributed by atoms with E-state index in [1.165, 1.54) is 10.6 Å². The Balaban J connectivity index is 2.23. The Labute approximate surface area is 114 Å². The first-order chi connectivity index (χ1) is 8.69. The number of aryl methyl sites for hydroxylation is 1. The molecule has 0 bridgehead atoms. The maximum absolute atomic E-state index is 5.92. The second-order valence-corrected chi connectivity index (χ2v) is 5.72. The van der Waals surface area contributed by atoms with E-state index in [4.69, 9.17) is 17.3 Å². The quantitative estimate of drug-likeness (QED) is 0.779. The van der Waals surface area contributed by atoms with Crippen molar-refractivity contribution in [2.45, 2.75) is 13.5 Å². The predicted molar refractivity (Wildman–Crippen MR) is 76.1 cm³/mol. The van der Waals surface area contributed by atoms with Gasteiger partial charge in [-0.2, -0.15) is 0 Å². The fraction of sp³-hybridized carbons (Fsp3) is 0.154. The molecule has 2 heterocycles. The van der Waals surface area contributed by atoms with Gasteiger partial charge in [0.2, 0.25) is 0 Å². The van der Waals surface area contributed by atoms with Crippen LogP contribution in [-0.2, 0) is 6.54 Å². The molecule has 0 amide bonds. The smallest absolute Gasteiger partial charge is 0.194 e. The highest BCUT2D eigenvalue weighted by atomic mass is 35.5. The van der Waals surface area contributed by atoms with Crippen LogP contribution in [-0.4, -0.2) is 9.38 Å². The van der Waals surface area contributed by atoms with E-state index in [-0.39, 0.29) is 0 Å². The van der Waals surface area contributed by atoms with E-state index in [0.29, 0.717) is 6.54 Å². The van der Waals surface area contributed by atoms with Gasteiger partial charge >= 0.3 is 0 Å². The minimum Gasteiger partial charge on any atom is -0.325 e. The fourth-order valence-electron chi connectivity index (χ4n) is 2.05. The summed E-state index contributed by atoms with van der Waals surface area (Å²) in [5.41, 5.74) is 8.85. The molecule has 0 fully saturated rings. The Hall–Kier alpha value is -1.36. The molecule has 3 aromatic rings. The number of halogens is 1. The van der Waals surface area contributed by atoms with Crippen molar-refractivity contribution in [3.05, 3.63) is 46.1 Å². The highest BCUT2D eigenvalue weighted by molar-refractivity contribution is 7.17. The summed E-state index contributed by atoms with van der Waals surface area (Å²) in [6.07, 6.45) is 2.00. The zero-order chi connectivity index (χ0) is 12.7. The minimum atomic E-state index is 0.466. The fourth-order valence-corrected chi connectivity index (χ4v) is 3.16. The highest BCUT2D eigenvalue weighted by Gasteiger charge is 2.13. The van der Waals surface area contributed by atoms with E-state index in [2.05, 4.69) is 16.3 Å². The number of nitrogens with zero attached hydrogens (tertiary/aromatic N) is 2. The van der Waals surface area contributed by atoms with Gasteiger partial charge < -0.3 is 5.73 Å². The Morgan fingerprint density at radius 1 is 1.33 bits per heavy atom. The molecule has 2 N–H and O–H groups in total. The van der Waals surface area contributed by atoms with Crippen LogP contribution in [0.1, 0.15) is 10.6 Å². The zero-order valence-corrected chi connectivity index (χ0v) is 11.4. The standard InChI is InChI=1S/C13H12ClN3S/c1-8-12(9-2-4-10(14)5-3-9)17-7-11(6-15)16-13(17)18-8/h2-5,7H,6,15H2,1H3. The van der Waals surface area contributed by atoms with Crippen molar-refractivity contribution in [1.82, 2.24) is 9.38 Å². The zero-order valence-electron chi connectivity index (χ0n) is 9.85. The molecule has 1 aromatic carbocycles. The molecular formula is C13H12ClN3S. The van der Waals surface area contributed by atoms with Crippen molar-refractivity contribution in [1.29, 1.82) is 0 Å². The predicted octanol–water partition coefficient (Wildman–Crippen LogP) is 3.48. The molecule has 0 unspecified atom stereocenters. The summed E-state index contributed by atoms with van der Waals surface area (Å²) in [6.45, 7) is 2.57. The SMILES string of the molecule is Cc1sc2nc(CN)cn2c1-c1ccc(Cl)cc1. The lowest BCUT2D eigenvalue weighted by Gasteiger charge is -2.02. The summed E-state index contributed by atoms with van der Waals surface area (Å²) >= 11 is 7.60. The maximum atomic E-state index is 5.92. The molecule has 5 heteroatoms. The summed E-state index contributed by atoms with van der Waals surface area (Å²) in [4.78, 5) is 6.71. The van der Waals surface area contributed by atoms with E-state index in [1.54, 1.807) is 11.3 Å². The van der Waals surface area contributed by atoms with Gasteiger partial charge in [0.1, 0.15) is 0 Å². The summed E-state index contributed by atoms with van der Waals surface area (Å²) in [5.74, 6) is 0. The van der Waals surface area contributed by atoms with E-state index in [9.17, 15) is 0 Å². The van der Waals surface area contributed by atoms with Crippen LogP contribution < -0.4 is 5.73 Å². The van der Waals surface area contributed by atoms with Crippen LogP contribution in [0.25, 0.3) is 16.2 Å². The molecule has 18 heavy (non-hydrogen) atoms. The molecule has 3 rings (SSSR count). The average molecular weight is 278 g/mol. The van der Waals surface area contributed by atoms with Gasteiger partial charge in [0.05, 0.1) is 11.4 Å². The first-order valence-corrected chi connectivity index (χ1v) is 6.82. The number of thiazole rings is 1. The summed E-state index contributed by atoms with van der Waals surface area (Å²) < 4.78 is 2.10. The largest absolute Gasteiger partial charge is 0.325 e. The van der Waals surface area contributed by atoms with Crippen LogP contribution in [0.4, 0.5) is 0 Å². The molecule has 0 radical (unpaired) electrons. The number of benzene rings is 1. The van der Waals surface area contributed by atoms with Gasteiger partial charge in [0.15, 0.2) is 4.96 Å². The monoisotopic (exact) mass is 277 g/mol. The Kier molecular flexibility index (Phi) is 2.86. The molecule has 3 nitrogen and oxygen atoms in total. The van der Waals surface area contributed by atoms with Gasteiger partial charge in [0, 0.05) is 22.6 Å². The molecule has 0 aliphatic carbocycles. The van der Waals surface area contributed by atoms with Crippen molar-refractivity contribution in [2.24, 2.45) is 5.73 Å². The number of imidazole rings is 1. The molecule has 0 saturated heterocycles. The van der Waals surface area contributed by atoms with Crippen molar-refractivity contribution < 1.29 is 0 Å². The number of hydrogen-bond donors (Lipinski definition) is 1. The van der Waals surface area contributed by atoms with Gasteiger partial charge in [0.25, 0.3) is 0 Å². The number of aromatic nitrogens is 2. The highest BCUT2D eigenvalue weighted by Crippen LogP contribution is 2.31. The second kappa shape index (κ2) is 4.39. The van der Waals surface area contributed by atoms with E-state index in [0.717, 1.165) is 21.2 Å². The average Bonchev–Trinajstić information content (AvgIpc) is 2.87. The summed E-state index contributed by atoms with van der Waals surface area (Å²) in [5, 5.41) is 0.746. The second-order valence-electron chi connectivity index (χ2n) is 4.10. The van der Waals surface area contributed by atoms with E-state index in [1.807, 2.05) is 30.5 Å². The van der Waals surface area contributed by atoms with Crippen LogP contribution >= 0.6 is 22.9 Å². The number of nitrogens with two attached hydrogens (primary N) is 1. The van der Waals surface area contributed by atoms with Crippen molar-refractivity contribution in [3.63, 3.8) is 0 Å². The van der Waals surface area contributed by atoms with Gasteiger partial charge in [-0.3, -0.25) is 4.40 Å². The van der Waals surface area contributed by atoms with Crippen LogP contribution in [0.2, 0.25) is 5.02 Å². The molecule has 2 aromatic heterocycles. The molecule has 0 aliphatic heterocycles. The molecule has 0 spiro atoms. The third-order valence-electron chi connectivity index (χ3n) is 2.87. The van der Waals surface area contributed by atoms with Crippen molar-refractivity contribution in [2.75, 3.05) is 0 Å². The van der Waals surface area contributed by atoms with E-state index < -0.39 is 0 Å². The molecule has 0 saturated carbocycles. The van der Waals surface area contributed by atoms with Gasteiger partial charge in [-0.05, 0) is 24.6 Å². The van der Waals surface area contributed by atoms with Crippen LogP contribution in [0.5, 0.6) is 0 Å². The van der Waals surface area contributed by atoms with Gasteiger partial charge in [-0.25, -0.2) is 4.98 Å². The first kappa shape index (κ1) is 11.7. The number of rotatable bonds is 2. The molecular weight excluding hydrogens is 266 g/mol. The first-order valence-electron chi connectivity index (χ1n) is 5.62. The topological polar surface area (TPSA) is 43.3 Å². The molecule has 0 atom stereocenters. The van der Waals surface area contributed by atoms with Crippen LogP contribution in [0.3, 0.4) is 0 Å². The number of fused-ring (bicyclic) bond motifs is 1. The van der Waals surface area contributed by atoms with Gasteiger partial charge in [-0.15, -0.1) is 11.3 Å². The number of hydrogen-bond acceptors (Lipinski definition) is 3. The third kappa shape index (κ3) is 1.82. The lowest BCUT2D eigenvalue weighted by atomic mass is 10.1. The maximum Gasteiger partial charge on any atom is 0.194 e. The Morgan fingerprint density at radius 2 is 2.06 bits per heavy atom. The Morgan fingerprint density at radius 3 is 2.72 bits per heavy atom. The summed E-state index contributed by atoms with van der Waals surface area (Å²) in [7, 11) is 0. The van der Waals surface area contributed by atoms with Crippen molar-refractivity contribution in [3.8, 4) is 11.3 Å². The summed E-state index contributed by atoms with van der Waals surface area (Å²) in [6, 6.07) is 7.86. The molecule has 92 valence electrons. The molecule has 0 aliphatic rings. The van der Waals surface area contributed by atoms with Crippen LogP contribution in [0.15, 0.2) is 30.5 Å². The minimum absolute atomic E-state index is 0.466. The van der Waals surface area contributed by atoms with Gasteiger partial charge in [-0.1, -0.05) is 23.7 Å².